The van der Waals surface area contributed by atoms with E-state index >= 15 is 0 Å². The van der Waals surface area contributed by atoms with Crippen molar-refractivity contribution >= 4 is 0 Å². The van der Waals surface area contributed by atoms with E-state index in [1.54, 1.807) is 14.2 Å². The molecule has 0 aliphatic carbocycles. The van der Waals surface area contributed by atoms with Gasteiger partial charge in [-0.25, -0.2) is 0 Å². The summed E-state index contributed by atoms with van der Waals surface area (Å²) in [7, 11) is 3.32. The number of nitrogens with two attached hydrogens (primary N) is 1. The van der Waals surface area contributed by atoms with E-state index in [2.05, 4.69) is 12.1 Å². The maximum Gasteiger partial charge on any atom is 0.143 e. The Morgan fingerprint density at radius 2 is 1.27 bits per heavy atom. The van der Waals surface area contributed by atoms with E-state index in [1.807, 2.05) is 66.7 Å². The number of ether oxygens (including phenoxy) is 3. The molecule has 0 fully saturated rings. The summed E-state index contributed by atoms with van der Waals surface area (Å²) in [5.74, 6) is 1.59. The smallest absolute Gasteiger partial charge is 0.143 e. The van der Waals surface area contributed by atoms with Crippen LogP contribution in [-0.2, 0) is 10.3 Å². The van der Waals surface area contributed by atoms with Gasteiger partial charge >= 0.3 is 0 Å². The van der Waals surface area contributed by atoms with Crippen LogP contribution in [0, 0.1) is 5.92 Å². The van der Waals surface area contributed by atoms with Crippen LogP contribution in [0.2, 0.25) is 0 Å². The van der Waals surface area contributed by atoms with Crippen LogP contribution < -0.4 is 15.2 Å². The monoisotopic (exact) mass is 449 g/mol. The molecule has 0 radical (unpaired) electrons. The van der Waals surface area contributed by atoms with Crippen molar-refractivity contribution in [3.05, 3.63) is 95.6 Å². The molecule has 3 rings (SSSR count). The number of benzene rings is 3. The van der Waals surface area contributed by atoms with Crippen LogP contribution in [0.3, 0.4) is 0 Å². The Labute approximate surface area is 197 Å². The number of methoxy groups -OCH3 is 2. The highest BCUT2D eigenvalue weighted by Gasteiger charge is 2.38. The predicted octanol–water partition coefficient (Wildman–Crippen LogP) is 4.75. The minimum absolute atomic E-state index is 0.0242. The zero-order valence-electron chi connectivity index (χ0n) is 19.6. The lowest BCUT2D eigenvalue weighted by atomic mass is 9.79. The SMILES string of the molecule is COc1ccc(C(OCC(CO)CCCCN)(c2ccccc2)c2ccc(OC)cc2)cc1. The zero-order valence-corrected chi connectivity index (χ0v) is 19.6. The van der Waals surface area contributed by atoms with Crippen LogP contribution in [0.5, 0.6) is 11.5 Å². The quantitative estimate of drug-likeness (QED) is 0.291. The molecule has 3 aromatic carbocycles. The molecule has 1 atom stereocenters. The molecule has 5 heteroatoms. The fourth-order valence-electron chi connectivity index (χ4n) is 4.12. The minimum atomic E-state index is -0.860. The van der Waals surface area contributed by atoms with Gasteiger partial charge in [0.05, 0.1) is 20.8 Å². The molecule has 0 bridgehead atoms. The zero-order chi connectivity index (χ0) is 23.5. The third-order valence-electron chi connectivity index (χ3n) is 6.03. The second-order valence-corrected chi connectivity index (χ2v) is 8.15. The molecule has 33 heavy (non-hydrogen) atoms. The second kappa shape index (κ2) is 12.4. The van der Waals surface area contributed by atoms with Gasteiger partial charge in [-0.15, -0.1) is 0 Å². The van der Waals surface area contributed by atoms with Crippen molar-refractivity contribution < 1.29 is 19.3 Å². The van der Waals surface area contributed by atoms with Crippen molar-refractivity contribution in [3.8, 4) is 11.5 Å². The molecule has 3 aromatic rings. The van der Waals surface area contributed by atoms with E-state index in [4.69, 9.17) is 19.9 Å². The van der Waals surface area contributed by atoms with Crippen molar-refractivity contribution in [1.29, 1.82) is 0 Å². The predicted molar refractivity (Wildman–Crippen MR) is 132 cm³/mol. The summed E-state index contributed by atoms with van der Waals surface area (Å²) in [4.78, 5) is 0. The first kappa shape index (κ1) is 24.8. The first-order chi connectivity index (χ1) is 16.2. The van der Waals surface area contributed by atoms with Crippen LogP contribution in [0.4, 0.5) is 0 Å². The van der Waals surface area contributed by atoms with Crippen molar-refractivity contribution in [1.82, 2.24) is 0 Å². The normalized spacial score (nSPS) is 12.4. The van der Waals surface area contributed by atoms with Gasteiger partial charge in [-0.05, 0) is 60.3 Å². The third kappa shape index (κ3) is 5.93. The Kier molecular flexibility index (Phi) is 9.31. The topological polar surface area (TPSA) is 73.9 Å². The fourth-order valence-corrected chi connectivity index (χ4v) is 4.12. The molecule has 3 N–H and O–H groups in total. The van der Waals surface area contributed by atoms with Gasteiger partial charge < -0.3 is 25.1 Å². The molecule has 0 aliphatic heterocycles. The Hall–Kier alpha value is -2.86. The molecular formula is C28H35NO4. The standard InChI is InChI=1S/C28H35NO4/c1-31-26-15-11-24(12-16-26)28(23-9-4-3-5-10-23,25-13-17-27(32-2)18-14-25)33-21-22(20-30)8-6-7-19-29/h3-5,9-18,22,30H,6-8,19-21,29H2,1-2H3. The summed E-state index contributed by atoms with van der Waals surface area (Å²) in [6, 6.07) is 26.2. The van der Waals surface area contributed by atoms with Gasteiger partial charge in [-0.2, -0.15) is 0 Å². The Morgan fingerprint density at radius 1 is 0.758 bits per heavy atom. The maximum atomic E-state index is 10.0. The summed E-state index contributed by atoms with van der Waals surface area (Å²) in [6.07, 6.45) is 2.77. The average molecular weight is 450 g/mol. The summed E-state index contributed by atoms with van der Waals surface area (Å²) in [6.45, 7) is 1.14. The van der Waals surface area contributed by atoms with Gasteiger partial charge in [0, 0.05) is 12.5 Å². The molecule has 0 spiro atoms. The second-order valence-electron chi connectivity index (χ2n) is 8.15. The van der Waals surface area contributed by atoms with Crippen molar-refractivity contribution in [2.75, 3.05) is 34.0 Å². The number of aliphatic hydroxyl groups excluding tert-OH is 1. The van der Waals surface area contributed by atoms with Gasteiger partial charge in [0.2, 0.25) is 0 Å². The van der Waals surface area contributed by atoms with Gasteiger partial charge in [0.1, 0.15) is 17.1 Å². The molecule has 0 aromatic heterocycles. The van der Waals surface area contributed by atoms with E-state index in [0.717, 1.165) is 47.5 Å². The van der Waals surface area contributed by atoms with Crippen LogP contribution in [0.15, 0.2) is 78.9 Å². The van der Waals surface area contributed by atoms with E-state index in [1.165, 1.54) is 0 Å². The van der Waals surface area contributed by atoms with Gasteiger partial charge in [0.15, 0.2) is 0 Å². The number of aliphatic hydroxyl groups is 1. The van der Waals surface area contributed by atoms with Crippen LogP contribution in [0.25, 0.3) is 0 Å². The van der Waals surface area contributed by atoms with Crippen LogP contribution in [0.1, 0.15) is 36.0 Å². The van der Waals surface area contributed by atoms with Crippen molar-refractivity contribution in [2.45, 2.75) is 24.9 Å². The first-order valence-corrected chi connectivity index (χ1v) is 11.5. The molecule has 5 nitrogen and oxygen atoms in total. The van der Waals surface area contributed by atoms with Crippen molar-refractivity contribution in [2.24, 2.45) is 11.7 Å². The van der Waals surface area contributed by atoms with Crippen molar-refractivity contribution in [3.63, 3.8) is 0 Å². The molecule has 1 unspecified atom stereocenters. The lowest BCUT2D eigenvalue weighted by Gasteiger charge is -2.37. The number of hydrogen-bond donors (Lipinski definition) is 2. The summed E-state index contributed by atoms with van der Waals surface area (Å²) >= 11 is 0. The molecule has 0 aliphatic rings. The largest absolute Gasteiger partial charge is 0.497 e. The highest BCUT2D eigenvalue weighted by molar-refractivity contribution is 5.49. The summed E-state index contributed by atoms with van der Waals surface area (Å²) in [5.41, 5.74) is 7.78. The fraction of sp³-hybridized carbons (Fsp3) is 0.357. The third-order valence-corrected chi connectivity index (χ3v) is 6.03. The first-order valence-electron chi connectivity index (χ1n) is 11.5. The molecule has 0 saturated heterocycles. The van der Waals surface area contributed by atoms with Crippen LogP contribution >= 0.6 is 0 Å². The number of unbranched alkanes of at least 4 members (excludes halogenated alkanes) is 1. The van der Waals surface area contributed by atoms with Gasteiger partial charge in [-0.1, -0.05) is 61.0 Å². The lowest BCUT2D eigenvalue weighted by Crippen LogP contribution is -2.35. The highest BCUT2D eigenvalue weighted by Crippen LogP contribution is 2.42. The molecule has 0 amide bonds. The summed E-state index contributed by atoms with van der Waals surface area (Å²) < 4.78 is 17.6. The van der Waals surface area contributed by atoms with Crippen LogP contribution in [-0.4, -0.2) is 39.1 Å². The van der Waals surface area contributed by atoms with E-state index in [-0.39, 0.29) is 12.5 Å². The molecule has 176 valence electrons. The van der Waals surface area contributed by atoms with Gasteiger partial charge in [0.25, 0.3) is 0 Å². The lowest BCUT2D eigenvalue weighted by molar-refractivity contribution is -0.0205. The Morgan fingerprint density at radius 3 is 1.73 bits per heavy atom. The van der Waals surface area contributed by atoms with E-state index in [0.29, 0.717) is 13.2 Å². The highest BCUT2D eigenvalue weighted by atomic mass is 16.5. The Bertz CT molecular complexity index is 894. The van der Waals surface area contributed by atoms with Gasteiger partial charge in [-0.3, -0.25) is 0 Å². The van der Waals surface area contributed by atoms with E-state index in [9.17, 15) is 5.11 Å². The molecular weight excluding hydrogens is 414 g/mol. The minimum Gasteiger partial charge on any atom is -0.497 e. The Balaban J connectivity index is 2.09. The molecule has 0 saturated carbocycles. The average Bonchev–Trinajstić information content (AvgIpc) is 2.89. The maximum absolute atomic E-state index is 10.0. The van der Waals surface area contributed by atoms with E-state index < -0.39 is 5.60 Å². The summed E-state index contributed by atoms with van der Waals surface area (Å²) in [5, 5.41) is 10.0. The molecule has 0 heterocycles. The number of hydrogen-bond acceptors (Lipinski definition) is 5. The number of rotatable bonds is 13.